The second-order valence-electron chi connectivity index (χ2n) is 15.2. The summed E-state index contributed by atoms with van der Waals surface area (Å²) in [7, 11) is 0. The molecule has 0 atom stereocenters. The first-order chi connectivity index (χ1) is 30.2. The standard InChI is InChI=1S/C57H37N3S/c1-4-13-38(14-5-1)41-25-27-44(28-26-41)47-19-10-20-48(37-47)56-58-55(46-35-31-43(32-36-46)40-17-8-3-9-18-40)59-57(60-56)51-23-12-24-52-53(51)50-22-11-21-49(54(50)61-52)45-33-29-42(30-34-45)39-15-6-2-7-16-39/h1-37H. The van der Waals surface area contributed by atoms with Gasteiger partial charge in [-0.2, -0.15) is 0 Å². The van der Waals surface area contributed by atoms with Crippen LogP contribution in [-0.2, 0) is 0 Å². The van der Waals surface area contributed by atoms with Gasteiger partial charge < -0.3 is 0 Å². The Hall–Kier alpha value is -7.79. The fraction of sp³-hybridized carbons (Fsp3) is 0. The quantitative estimate of drug-likeness (QED) is 0.154. The van der Waals surface area contributed by atoms with Gasteiger partial charge in [-0.15, -0.1) is 11.3 Å². The van der Waals surface area contributed by atoms with Crippen LogP contribution in [0, 0.1) is 0 Å². The van der Waals surface area contributed by atoms with E-state index in [-0.39, 0.29) is 0 Å². The summed E-state index contributed by atoms with van der Waals surface area (Å²) in [5.74, 6) is 1.91. The van der Waals surface area contributed by atoms with Crippen LogP contribution in [0.1, 0.15) is 0 Å². The van der Waals surface area contributed by atoms with E-state index in [0.29, 0.717) is 17.5 Å². The zero-order valence-corrected chi connectivity index (χ0v) is 33.9. The fourth-order valence-electron chi connectivity index (χ4n) is 8.25. The third-order valence-electron chi connectivity index (χ3n) is 11.4. The maximum absolute atomic E-state index is 5.29. The van der Waals surface area contributed by atoms with Crippen molar-refractivity contribution < 1.29 is 0 Å². The summed E-state index contributed by atoms with van der Waals surface area (Å²) in [5.41, 5.74) is 14.6. The molecule has 61 heavy (non-hydrogen) atoms. The van der Waals surface area contributed by atoms with Crippen LogP contribution in [-0.4, -0.2) is 15.0 Å². The second kappa shape index (κ2) is 15.8. The lowest BCUT2D eigenvalue weighted by atomic mass is 9.98. The molecule has 11 rings (SSSR count). The normalized spacial score (nSPS) is 11.3. The highest BCUT2D eigenvalue weighted by atomic mass is 32.1. The van der Waals surface area contributed by atoms with Gasteiger partial charge in [0.05, 0.1) is 0 Å². The van der Waals surface area contributed by atoms with Crippen molar-refractivity contribution in [3.05, 3.63) is 224 Å². The van der Waals surface area contributed by atoms with Gasteiger partial charge in [-0.1, -0.05) is 212 Å². The van der Waals surface area contributed by atoms with Crippen molar-refractivity contribution in [1.82, 2.24) is 15.0 Å². The van der Waals surface area contributed by atoms with Crippen LogP contribution in [0.15, 0.2) is 224 Å². The molecular weight excluding hydrogens is 759 g/mol. The molecule has 0 fully saturated rings. The van der Waals surface area contributed by atoms with Crippen molar-refractivity contribution in [3.63, 3.8) is 0 Å². The highest BCUT2D eigenvalue weighted by Gasteiger charge is 2.19. The summed E-state index contributed by atoms with van der Waals surface area (Å²) >= 11 is 1.82. The molecule has 11 aromatic rings. The Labute approximate surface area is 359 Å². The number of thiophene rings is 1. The molecule has 0 bridgehead atoms. The molecule has 0 aliphatic rings. The van der Waals surface area contributed by atoms with Gasteiger partial charge in [-0.3, -0.25) is 0 Å². The third-order valence-corrected chi connectivity index (χ3v) is 12.6. The number of nitrogens with zero attached hydrogens (tertiary/aromatic N) is 3. The van der Waals surface area contributed by atoms with Crippen molar-refractivity contribution >= 4 is 31.5 Å². The molecule has 2 aromatic heterocycles. The lowest BCUT2D eigenvalue weighted by molar-refractivity contribution is 1.08. The Kier molecular flexibility index (Phi) is 9.38. The van der Waals surface area contributed by atoms with Crippen LogP contribution >= 0.6 is 11.3 Å². The zero-order valence-electron chi connectivity index (χ0n) is 33.1. The molecule has 0 spiro atoms. The molecule has 0 unspecified atom stereocenters. The van der Waals surface area contributed by atoms with E-state index in [1.54, 1.807) is 0 Å². The minimum Gasteiger partial charge on any atom is -0.208 e. The molecule has 9 aromatic carbocycles. The van der Waals surface area contributed by atoms with Crippen molar-refractivity contribution in [3.8, 4) is 89.8 Å². The third kappa shape index (κ3) is 7.09. The topological polar surface area (TPSA) is 38.7 Å². The zero-order chi connectivity index (χ0) is 40.5. The van der Waals surface area contributed by atoms with Gasteiger partial charge in [0.1, 0.15) is 0 Å². The molecule has 0 aliphatic carbocycles. The molecule has 3 nitrogen and oxygen atoms in total. The first-order valence-electron chi connectivity index (χ1n) is 20.5. The number of hydrogen-bond acceptors (Lipinski definition) is 4. The number of aromatic nitrogens is 3. The van der Waals surface area contributed by atoms with E-state index in [2.05, 4.69) is 212 Å². The Balaban J connectivity index is 1.03. The van der Waals surface area contributed by atoms with Gasteiger partial charge in [-0.05, 0) is 67.8 Å². The molecule has 286 valence electrons. The first kappa shape index (κ1) is 36.3. The SMILES string of the molecule is c1ccc(-c2ccc(-c3cccc(-c4nc(-c5ccc(-c6ccccc6)cc5)nc(-c5cccc6sc7c(-c8ccc(-c9ccccc9)cc8)cccc7c56)n4)c3)cc2)cc1. The van der Waals surface area contributed by atoms with Crippen LogP contribution in [0.25, 0.3) is 110 Å². The summed E-state index contributed by atoms with van der Waals surface area (Å²) in [6, 6.07) is 79.3. The lowest BCUT2D eigenvalue weighted by Gasteiger charge is -2.11. The molecule has 0 saturated carbocycles. The summed E-state index contributed by atoms with van der Waals surface area (Å²) in [5, 5.41) is 2.34. The van der Waals surface area contributed by atoms with Crippen LogP contribution in [0.4, 0.5) is 0 Å². The number of hydrogen-bond donors (Lipinski definition) is 0. The maximum Gasteiger partial charge on any atom is 0.164 e. The summed E-state index contributed by atoms with van der Waals surface area (Å²) in [4.78, 5) is 15.7. The minimum atomic E-state index is 0.630. The van der Waals surface area contributed by atoms with Crippen LogP contribution in [0.3, 0.4) is 0 Å². The lowest BCUT2D eigenvalue weighted by Crippen LogP contribution is -2.00. The van der Waals surface area contributed by atoms with E-state index in [4.69, 9.17) is 15.0 Å². The smallest absolute Gasteiger partial charge is 0.164 e. The van der Waals surface area contributed by atoms with E-state index in [1.807, 2.05) is 23.5 Å². The van der Waals surface area contributed by atoms with Crippen molar-refractivity contribution in [2.45, 2.75) is 0 Å². The largest absolute Gasteiger partial charge is 0.208 e. The maximum atomic E-state index is 5.29. The second-order valence-corrected chi connectivity index (χ2v) is 16.2. The van der Waals surface area contributed by atoms with E-state index in [1.165, 1.54) is 53.7 Å². The molecule has 0 amide bonds. The van der Waals surface area contributed by atoms with E-state index < -0.39 is 0 Å². The number of fused-ring (bicyclic) bond motifs is 3. The Morgan fingerprint density at radius 1 is 0.262 bits per heavy atom. The molecule has 0 aliphatic heterocycles. The molecule has 4 heteroatoms. The summed E-state index contributed by atoms with van der Waals surface area (Å²) in [6.45, 7) is 0. The number of benzene rings is 9. The average molecular weight is 796 g/mol. The first-order valence-corrected chi connectivity index (χ1v) is 21.3. The highest BCUT2D eigenvalue weighted by Crippen LogP contribution is 2.44. The van der Waals surface area contributed by atoms with Gasteiger partial charge in [-0.25, -0.2) is 15.0 Å². The molecular formula is C57H37N3S. The van der Waals surface area contributed by atoms with Crippen LogP contribution in [0.2, 0.25) is 0 Å². The molecule has 2 heterocycles. The highest BCUT2D eigenvalue weighted by molar-refractivity contribution is 7.26. The van der Waals surface area contributed by atoms with E-state index >= 15 is 0 Å². The fourth-order valence-corrected chi connectivity index (χ4v) is 9.52. The van der Waals surface area contributed by atoms with E-state index in [0.717, 1.165) is 38.8 Å². The van der Waals surface area contributed by atoms with Gasteiger partial charge >= 0.3 is 0 Å². The predicted molar refractivity (Wildman–Crippen MR) is 256 cm³/mol. The van der Waals surface area contributed by atoms with Crippen LogP contribution in [0.5, 0.6) is 0 Å². The van der Waals surface area contributed by atoms with Gasteiger partial charge in [0.15, 0.2) is 17.5 Å². The minimum absolute atomic E-state index is 0.630. The summed E-state index contributed by atoms with van der Waals surface area (Å²) in [6.07, 6.45) is 0. The average Bonchev–Trinajstić information content (AvgIpc) is 3.74. The van der Waals surface area contributed by atoms with Gasteiger partial charge in [0.2, 0.25) is 0 Å². The van der Waals surface area contributed by atoms with Crippen molar-refractivity contribution in [2.24, 2.45) is 0 Å². The van der Waals surface area contributed by atoms with E-state index in [9.17, 15) is 0 Å². The molecule has 0 N–H and O–H groups in total. The Morgan fingerprint density at radius 2 is 0.656 bits per heavy atom. The summed E-state index contributed by atoms with van der Waals surface area (Å²) < 4.78 is 2.44. The Morgan fingerprint density at radius 3 is 1.23 bits per heavy atom. The predicted octanol–water partition coefficient (Wildman–Crippen LogP) is 15.6. The Bertz CT molecular complexity index is 3300. The molecule has 0 radical (unpaired) electrons. The van der Waals surface area contributed by atoms with Gasteiger partial charge in [0, 0.05) is 36.9 Å². The van der Waals surface area contributed by atoms with Crippen molar-refractivity contribution in [2.75, 3.05) is 0 Å². The van der Waals surface area contributed by atoms with Gasteiger partial charge in [0.25, 0.3) is 0 Å². The monoisotopic (exact) mass is 795 g/mol. The number of rotatable bonds is 8. The van der Waals surface area contributed by atoms with Crippen molar-refractivity contribution in [1.29, 1.82) is 0 Å². The van der Waals surface area contributed by atoms with Crippen LogP contribution < -0.4 is 0 Å². The molecule has 0 saturated heterocycles.